The average molecular weight is 478 g/mol. The van der Waals surface area contributed by atoms with Crippen LogP contribution in [-0.2, 0) is 5.75 Å². The van der Waals surface area contributed by atoms with Gasteiger partial charge in [0, 0.05) is 11.3 Å². The summed E-state index contributed by atoms with van der Waals surface area (Å²) in [6.45, 7) is 6.84. The van der Waals surface area contributed by atoms with Gasteiger partial charge in [0.1, 0.15) is 5.82 Å². The maximum atomic E-state index is 13.3. The van der Waals surface area contributed by atoms with E-state index in [2.05, 4.69) is 15.5 Å². The molecule has 170 valence electrons. The summed E-state index contributed by atoms with van der Waals surface area (Å²) in [5, 5.41) is 11.2. The standard InChI is InChI=1S/C22H24FN3O4S2/c1-4-28-17-11-15(12-18(29-5-2)19(17)30-6-3)20(27)24-21-25-26-22(32-21)31-13-14-8-7-9-16(23)10-14/h7-12H,4-6,13H2,1-3H3,(H,24,25,27). The lowest BCUT2D eigenvalue weighted by Crippen LogP contribution is -2.13. The Bertz CT molecular complexity index is 1030. The molecule has 0 bridgehead atoms. The minimum absolute atomic E-state index is 0.276. The molecular formula is C22H24FN3O4S2. The van der Waals surface area contributed by atoms with E-state index >= 15 is 0 Å². The van der Waals surface area contributed by atoms with E-state index in [-0.39, 0.29) is 11.7 Å². The Balaban J connectivity index is 1.72. The number of carbonyl (C=O) groups excluding carboxylic acids is 1. The van der Waals surface area contributed by atoms with Gasteiger partial charge < -0.3 is 14.2 Å². The maximum Gasteiger partial charge on any atom is 0.257 e. The number of ether oxygens (including phenoxy) is 3. The van der Waals surface area contributed by atoms with Gasteiger partial charge in [0.2, 0.25) is 10.9 Å². The number of aromatic nitrogens is 2. The second-order valence-electron chi connectivity index (χ2n) is 6.35. The third-order valence-corrected chi connectivity index (χ3v) is 6.09. The summed E-state index contributed by atoms with van der Waals surface area (Å²) in [4.78, 5) is 12.8. The molecule has 1 heterocycles. The monoisotopic (exact) mass is 477 g/mol. The molecule has 0 aliphatic carbocycles. The quantitative estimate of drug-likeness (QED) is 0.292. The molecule has 0 unspecified atom stereocenters. The molecule has 10 heteroatoms. The van der Waals surface area contributed by atoms with Crippen LogP contribution in [0.25, 0.3) is 0 Å². The number of carbonyl (C=O) groups is 1. The van der Waals surface area contributed by atoms with Crippen molar-refractivity contribution in [1.82, 2.24) is 10.2 Å². The van der Waals surface area contributed by atoms with E-state index in [1.807, 2.05) is 26.8 Å². The van der Waals surface area contributed by atoms with Crippen LogP contribution in [-0.4, -0.2) is 35.9 Å². The largest absolute Gasteiger partial charge is 0.490 e. The molecule has 0 fully saturated rings. The highest BCUT2D eigenvalue weighted by Crippen LogP contribution is 2.39. The molecule has 0 aliphatic rings. The van der Waals surface area contributed by atoms with Crippen molar-refractivity contribution in [3.63, 3.8) is 0 Å². The fraction of sp³-hybridized carbons (Fsp3) is 0.318. The zero-order valence-electron chi connectivity index (χ0n) is 18.0. The number of halogens is 1. The van der Waals surface area contributed by atoms with Crippen LogP contribution in [0, 0.1) is 5.82 Å². The number of thioether (sulfide) groups is 1. The van der Waals surface area contributed by atoms with Gasteiger partial charge in [0.25, 0.3) is 5.91 Å². The zero-order valence-corrected chi connectivity index (χ0v) is 19.6. The molecule has 0 saturated carbocycles. The topological polar surface area (TPSA) is 82.6 Å². The molecule has 0 aliphatic heterocycles. The molecule has 3 rings (SSSR count). The summed E-state index contributed by atoms with van der Waals surface area (Å²) >= 11 is 2.67. The zero-order chi connectivity index (χ0) is 22.9. The Labute approximate surface area is 194 Å². The molecule has 1 aromatic heterocycles. The van der Waals surface area contributed by atoms with Crippen molar-refractivity contribution in [2.24, 2.45) is 0 Å². The maximum absolute atomic E-state index is 13.3. The Morgan fingerprint density at radius 1 is 1.03 bits per heavy atom. The van der Waals surface area contributed by atoms with Crippen molar-refractivity contribution in [2.45, 2.75) is 30.9 Å². The van der Waals surface area contributed by atoms with Crippen LogP contribution in [0.4, 0.5) is 9.52 Å². The van der Waals surface area contributed by atoms with Crippen molar-refractivity contribution in [2.75, 3.05) is 25.1 Å². The van der Waals surface area contributed by atoms with Gasteiger partial charge in [-0.25, -0.2) is 4.39 Å². The number of nitrogens with one attached hydrogen (secondary N) is 1. The molecule has 0 atom stereocenters. The van der Waals surface area contributed by atoms with Gasteiger partial charge in [-0.3, -0.25) is 10.1 Å². The minimum atomic E-state index is -0.368. The lowest BCUT2D eigenvalue weighted by atomic mass is 10.1. The predicted molar refractivity (Wildman–Crippen MR) is 124 cm³/mol. The molecule has 0 spiro atoms. The number of hydrogen-bond donors (Lipinski definition) is 1. The Morgan fingerprint density at radius 3 is 2.34 bits per heavy atom. The summed E-state index contributed by atoms with van der Waals surface area (Å²) in [5.41, 5.74) is 1.20. The number of benzene rings is 2. The predicted octanol–water partition coefficient (Wildman–Crippen LogP) is 5.42. The first-order chi connectivity index (χ1) is 15.5. The normalized spacial score (nSPS) is 10.6. The first kappa shape index (κ1) is 23.8. The summed E-state index contributed by atoms with van der Waals surface area (Å²) in [5.74, 6) is 1.26. The molecule has 3 aromatic rings. The van der Waals surface area contributed by atoms with Gasteiger partial charge in [-0.2, -0.15) is 0 Å². The van der Waals surface area contributed by atoms with E-state index in [9.17, 15) is 9.18 Å². The van der Waals surface area contributed by atoms with E-state index < -0.39 is 0 Å². The summed E-state index contributed by atoms with van der Waals surface area (Å²) in [6.07, 6.45) is 0. The molecular weight excluding hydrogens is 453 g/mol. The molecule has 0 radical (unpaired) electrons. The number of hydrogen-bond acceptors (Lipinski definition) is 8. The number of rotatable bonds is 11. The van der Waals surface area contributed by atoms with Crippen molar-refractivity contribution in [1.29, 1.82) is 0 Å². The third kappa shape index (κ3) is 6.33. The number of anilines is 1. The molecule has 2 aromatic carbocycles. The van der Waals surface area contributed by atoms with Crippen molar-refractivity contribution >= 4 is 34.1 Å². The van der Waals surface area contributed by atoms with Crippen molar-refractivity contribution in [3.8, 4) is 17.2 Å². The fourth-order valence-corrected chi connectivity index (χ4v) is 4.47. The van der Waals surface area contributed by atoms with E-state index in [0.29, 0.717) is 57.9 Å². The van der Waals surface area contributed by atoms with Crippen molar-refractivity contribution < 1.29 is 23.4 Å². The Morgan fingerprint density at radius 2 is 1.72 bits per heavy atom. The van der Waals surface area contributed by atoms with E-state index in [1.54, 1.807) is 18.2 Å². The van der Waals surface area contributed by atoms with Crippen LogP contribution in [0.3, 0.4) is 0 Å². The van der Waals surface area contributed by atoms with Crippen molar-refractivity contribution in [3.05, 3.63) is 53.3 Å². The summed E-state index contributed by atoms with van der Waals surface area (Å²) in [7, 11) is 0. The molecule has 0 saturated heterocycles. The smallest absolute Gasteiger partial charge is 0.257 e. The third-order valence-electron chi connectivity index (χ3n) is 4.05. The highest BCUT2D eigenvalue weighted by atomic mass is 32.2. The highest BCUT2D eigenvalue weighted by molar-refractivity contribution is 8.00. The second kappa shape index (κ2) is 11.7. The fourth-order valence-electron chi connectivity index (χ4n) is 2.78. The first-order valence-corrected chi connectivity index (χ1v) is 11.9. The first-order valence-electron chi connectivity index (χ1n) is 10.1. The minimum Gasteiger partial charge on any atom is -0.490 e. The lowest BCUT2D eigenvalue weighted by Gasteiger charge is -2.16. The summed E-state index contributed by atoms with van der Waals surface area (Å²) in [6, 6.07) is 9.63. The molecule has 1 N–H and O–H groups in total. The molecule has 1 amide bonds. The van der Waals surface area contributed by atoms with Gasteiger partial charge in [0.15, 0.2) is 15.8 Å². The van der Waals surface area contributed by atoms with Crippen LogP contribution >= 0.6 is 23.1 Å². The molecule has 7 nitrogen and oxygen atoms in total. The van der Waals surface area contributed by atoms with Crippen LogP contribution < -0.4 is 19.5 Å². The van der Waals surface area contributed by atoms with Gasteiger partial charge in [-0.05, 0) is 50.6 Å². The van der Waals surface area contributed by atoms with E-state index in [4.69, 9.17) is 14.2 Å². The lowest BCUT2D eigenvalue weighted by molar-refractivity contribution is 0.102. The van der Waals surface area contributed by atoms with Gasteiger partial charge >= 0.3 is 0 Å². The second-order valence-corrected chi connectivity index (χ2v) is 8.55. The van der Waals surface area contributed by atoms with E-state index in [1.165, 1.54) is 35.2 Å². The Hall–Kier alpha value is -2.85. The van der Waals surface area contributed by atoms with Crippen LogP contribution in [0.2, 0.25) is 0 Å². The van der Waals surface area contributed by atoms with Gasteiger partial charge in [-0.15, -0.1) is 10.2 Å². The van der Waals surface area contributed by atoms with Crippen LogP contribution in [0.5, 0.6) is 17.2 Å². The summed E-state index contributed by atoms with van der Waals surface area (Å²) < 4.78 is 31.0. The SMILES string of the molecule is CCOc1cc(C(=O)Nc2nnc(SCc3cccc(F)c3)s2)cc(OCC)c1OCC. The highest BCUT2D eigenvalue weighted by Gasteiger charge is 2.19. The van der Waals surface area contributed by atoms with Gasteiger partial charge in [-0.1, -0.05) is 35.2 Å². The Kier molecular flexibility index (Phi) is 8.69. The number of amides is 1. The molecule has 32 heavy (non-hydrogen) atoms. The van der Waals surface area contributed by atoms with Crippen LogP contribution in [0.15, 0.2) is 40.7 Å². The van der Waals surface area contributed by atoms with Crippen LogP contribution in [0.1, 0.15) is 36.7 Å². The average Bonchev–Trinajstić information content (AvgIpc) is 3.22. The van der Waals surface area contributed by atoms with Gasteiger partial charge in [0.05, 0.1) is 19.8 Å². The number of nitrogens with zero attached hydrogens (tertiary/aromatic N) is 2. The van der Waals surface area contributed by atoms with E-state index in [0.717, 1.165) is 5.56 Å².